The lowest BCUT2D eigenvalue weighted by Gasteiger charge is -2.13. The molecule has 0 amide bonds. The molecule has 1 aromatic carbocycles. The van der Waals surface area contributed by atoms with Crippen molar-refractivity contribution in [3.8, 4) is 22.1 Å². The minimum Gasteiger partial charge on any atom is -0.493 e. The van der Waals surface area contributed by atoms with E-state index in [9.17, 15) is 0 Å². The fourth-order valence-corrected chi connectivity index (χ4v) is 3.49. The minimum absolute atomic E-state index is 0.704. The van der Waals surface area contributed by atoms with Gasteiger partial charge in [-0.2, -0.15) is 0 Å². The lowest BCUT2D eigenvalue weighted by atomic mass is 10.2. The Bertz CT molecular complexity index is 844. The molecule has 0 spiro atoms. The molecule has 0 N–H and O–H groups in total. The van der Waals surface area contributed by atoms with Crippen molar-refractivity contribution < 1.29 is 14.0 Å². The van der Waals surface area contributed by atoms with E-state index in [-0.39, 0.29) is 0 Å². The summed E-state index contributed by atoms with van der Waals surface area (Å²) < 4.78 is 16.0. The van der Waals surface area contributed by atoms with Crippen molar-refractivity contribution >= 4 is 11.3 Å². The zero-order valence-electron chi connectivity index (χ0n) is 14.8. The number of thiazole rings is 1. The van der Waals surface area contributed by atoms with Crippen molar-refractivity contribution in [1.82, 2.24) is 15.0 Å². The zero-order chi connectivity index (χ0) is 17.8. The van der Waals surface area contributed by atoms with E-state index in [1.165, 1.54) is 0 Å². The van der Waals surface area contributed by atoms with Crippen LogP contribution in [0.1, 0.15) is 17.1 Å². The van der Waals surface area contributed by atoms with Gasteiger partial charge in [-0.05, 0) is 26.1 Å². The number of aromatic nitrogens is 2. The van der Waals surface area contributed by atoms with Crippen molar-refractivity contribution in [2.75, 3.05) is 21.3 Å². The van der Waals surface area contributed by atoms with Gasteiger partial charge in [0.15, 0.2) is 11.5 Å². The number of nitrogens with zero attached hydrogens (tertiary/aromatic N) is 3. The molecular formula is C18H21N3O3S. The van der Waals surface area contributed by atoms with Crippen LogP contribution in [0.4, 0.5) is 0 Å². The van der Waals surface area contributed by atoms with Gasteiger partial charge >= 0.3 is 0 Å². The third kappa shape index (κ3) is 4.00. The summed E-state index contributed by atoms with van der Waals surface area (Å²) in [5, 5.41) is 7.01. The van der Waals surface area contributed by atoms with Gasteiger partial charge in [0.05, 0.1) is 31.2 Å². The molecule has 6 nitrogen and oxygen atoms in total. The maximum absolute atomic E-state index is 5.51. The van der Waals surface area contributed by atoms with Crippen molar-refractivity contribution in [2.24, 2.45) is 0 Å². The number of para-hydroxylation sites is 1. The summed E-state index contributed by atoms with van der Waals surface area (Å²) in [5.74, 6) is 2.23. The first-order valence-electron chi connectivity index (χ1n) is 7.87. The number of ether oxygens (including phenoxy) is 2. The molecule has 3 rings (SSSR count). The molecule has 132 valence electrons. The number of aryl methyl sites for hydroxylation is 1. The Morgan fingerprint density at radius 2 is 1.96 bits per heavy atom. The standard InChI is InChI=1S/C18H21N3O3S/c1-12-8-13(20-24-12)9-21(2)10-14-11-25-18(19-14)15-6-5-7-16(22-3)17(15)23-4/h5-8,11H,9-10H2,1-4H3. The van der Waals surface area contributed by atoms with Gasteiger partial charge in [-0.25, -0.2) is 4.98 Å². The Kier molecular flexibility index (Phi) is 5.35. The smallest absolute Gasteiger partial charge is 0.170 e. The first kappa shape index (κ1) is 17.4. The largest absolute Gasteiger partial charge is 0.493 e. The Balaban J connectivity index is 1.74. The molecule has 25 heavy (non-hydrogen) atoms. The molecule has 0 saturated heterocycles. The summed E-state index contributed by atoms with van der Waals surface area (Å²) in [6.07, 6.45) is 0. The van der Waals surface area contributed by atoms with Crippen LogP contribution in [-0.4, -0.2) is 36.3 Å². The van der Waals surface area contributed by atoms with Crippen molar-refractivity contribution in [1.29, 1.82) is 0 Å². The number of rotatable bonds is 7. The van der Waals surface area contributed by atoms with Gasteiger partial charge in [0.2, 0.25) is 0 Å². The molecule has 0 unspecified atom stereocenters. The Morgan fingerprint density at radius 3 is 2.64 bits per heavy atom. The number of hydrogen-bond acceptors (Lipinski definition) is 7. The Hall–Kier alpha value is -2.38. The maximum Gasteiger partial charge on any atom is 0.170 e. The maximum atomic E-state index is 5.51. The SMILES string of the molecule is COc1cccc(-c2nc(CN(C)Cc3cc(C)on3)cs2)c1OC. The van der Waals surface area contributed by atoms with E-state index in [2.05, 4.69) is 15.4 Å². The number of hydrogen-bond donors (Lipinski definition) is 0. The average Bonchev–Trinajstić information content (AvgIpc) is 3.23. The van der Waals surface area contributed by atoms with Gasteiger partial charge in [-0.3, -0.25) is 4.90 Å². The molecule has 0 aliphatic heterocycles. The number of benzene rings is 1. The van der Waals surface area contributed by atoms with Gasteiger partial charge < -0.3 is 14.0 Å². The fraction of sp³-hybridized carbons (Fsp3) is 0.333. The summed E-state index contributed by atoms with van der Waals surface area (Å²) in [5.41, 5.74) is 2.87. The molecule has 3 aromatic rings. The van der Waals surface area contributed by atoms with Crippen LogP contribution >= 0.6 is 11.3 Å². The first-order chi connectivity index (χ1) is 12.1. The molecule has 0 aliphatic carbocycles. The van der Waals surface area contributed by atoms with Crippen LogP contribution in [0.15, 0.2) is 34.2 Å². The molecule has 7 heteroatoms. The molecule has 0 saturated carbocycles. The van der Waals surface area contributed by atoms with Crippen LogP contribution in [0.2, 0.25) is 0 Å². The van der Waals surface area contributed by atoms with E-state index in [0.29, 0.717) is 18.0 Å². The summed E-state index contributed by atoms with van der Waals surface area (Å²) in [7, 11) is 5.31. The van der Waals surface area contributed by atoms with E-state index < -0.39 is 0 Å². The second-order valence-electron chi connectivity index (χ2n) is 5.79. The van der Waals surface area contributed by atoms with Crippen molar-refractivity contribution in [3.63, 3.8) is 0 Å². The second-order valence-corrected chi connectivity index (χ2v) is 6.64. The summed E-state index contributed by atoms with van der Waals surface area (Å²) >= 11 is 1.60. The predicted molar refractivity (Wildman–Crippen MR) is 97.1 cm³/mol. The Morgan fingerprint density at radius 1 is 1.16 bits per heavy atom. The first-order valence-corrected chi connectivity index (χ1v) is 8.75. The monoisotopic (exact) mass is 359 g/mol. The lowest BCUT2D eigenvalue weighted by molar-refractivity contribution is 0.299. The van der Waals surface area contributed by atoms with Crippen molar-refractivity contribution in [2.45, 2.75) is 20.0 Å². The normalized spacial score (nSPS) is 11.1. The van der Waals surface area contributed by atoms with E-state index in [4.69, 9.17) is 19.0 Å². The molecule has 2 aromatic heterocycles. The highest BCUT2D eigenvalue weighted by atomic mass is 32.1. The third-order valence-electron chi connectivity index (χ3n) is 3.73. The Labute approximate surface area is 151 Å². The van der Waals surface area contributed by atoms with Gasteiger partial charge in [0, 0.05) is 24.5 Å². The molecular weight excluding hydrogens is 338 g/mol. The molecule has 0 atom stereocenters. The minimum atomic E-state index is 0.704. The molecule has 2 heterocycles. The van der Waals surface area contributed by atoms with Gasteiger partial charge in [0.1, 0.15) is 10.8 Å². The van der Waals surface area contributed by atoms with Gasteiger partial charge in [-0.15, -0.1) is 11.3 Å². The van der Waals surface area contributed by atoms with E-state index in [1.807, 2.05) is 38.2 Å². The highest BCUT2D eigenvalue weighted by Gasteiger charge is 2.15. The molecule has 0 radical (unpaired) electrons. The van der Waals surface area contributed by atoms with Crippen LogP contribution in [0.25, 0.3) is 10.6 Å². The lowest BCUT2D eigenvalue weighted by Crippen LogP contribution is -2.17. The van der Waals surface area contributed by atoms with Gasteiger partial charge in [0.25, 0.3) is 0 Å². The topological polar surface area (TPSA) is 60.6 Å². The predicted octanol–water partition coefficient (Wildman–Crippen LogP) is 3.76. The molecule has 0 fully saturated rings. The van der Waals surface area contributed by atoms with E-state index >= 15 is 0 Å². The van der Waals surface area contributed by atoms with Crippen LogP contribution in [0, 0.1) is 6.92 Å². The second kappa shape index (κ2) is 7.67. The summed E-state index contributed by atoms with van der Waals surface area (Å²) in [6.45, 7) is 3.34. The average molecular weight is 359 g/mol. The zero-order valence-corrected chi connectivity index (χ0v) is 15.6. The number of methoxy groups -OCH3 is 2. The van der Waals surface area contributed by atoms with E-state index in [1.54, 1.807) is 25.6 Å². The van der Waals surface area contributed by atoms with Gasteiger partial charge in [-0.1, -0.05) is 11.2 Å². The quantitative estimate of drug-likeness (QED) is 0.640. The summed E-state index contributed by atoms with van der Waals surface area (Å²) in [6, 6.07) is 7.76. The highest BCUT2D eigenvalue weighted by Crippen LogP contribution is 2.39. The highest BCUT2D eigenvalue weighted by molar-refractivity contribution is 7.13. The van der Waals surface area contributed by atoms with Crippen LogP contribution in [0.3, 0.4) is 0 Å². The van der Waals surface area contributed by atoms with Crippen LogP contribution < -0.4 is 9.47 Å². The molecule has 0 bridgehead atoms. The summed E-state index contributed by atoms with van der Waals surface area (Å²) in [4.78, 5) is 6.90. The van der Waals surface area contributed by atoms with Crippen LogP contribution in [0.5, 0.6) is 11.5 Å². The molecule has 0 aliphatic rings. The fourth-order valence-electron chi connectivity index (χ4n) is 2.66. The van der Waals surface area contributed by atoms with Crippen molar-refractivity contribution in [3.05, 3.63) is 46.8 Å². The van der Waals surface area contributed by atoms with Crippen LogP contribution in [-0.2, 0) is 13.1 Å². The van der Waals surface area contributed by atoms with E-state index in [0.717, 1.165) is 34.3 Å². The third-order valence-corrected chi connectivity index (χ3v) is 4.65.